The van der Waals surface area contributed by atoms with Crippen molar-refractivity contribution in [2.45, 2.75) is 6.92 Å². The molecule has 0 saturated carbocycles. The number of hydrogen-bond donors (Lipinski definition) is 0. The molecule has 0 aliphatic carbocycles. The van der Waals surface area contributed by atoms with Crippen LogP contribution in [0.15, 0.2) is 53.1 Å². The van der Waals surface area contributed by atoms with Crippen molar-refractivity contribution in [2.75, 3.05) is 0 Å². The molecule has 0 atom stereocenters. The summed E-state index contributed by atoms with van der Waals surface area (Å²) in [6, 6.07) is 12.4. The minimum Gasteiger partial charge on any atom is -0.431 e. The van der Waals surface area contributed by atoms with Crippen molar-refractivity contribution in [1.82, 2.24) is 9.97 Å². The molecule has 2 aromatic carbocycles. The number of carbonyl (C=O) groups excluding carboxylic acids is 1. The molecule has 2 aromatic heterocycles. The van der Waals surface area contributed by atoms with E-state index in [0.29, 0.717) is 11.2 Å². The molecule has 0 saturated heterocycles. The summed E-state index contributed by atoms with van der Waals surface area (Å²) in [6.07, 6.45) is 1.65. The van der Waals surface area contributed by atoms with Gasteiger partial charge in [0.2, 0.25) is 11.7 Å². The second-order valence-corrected chi connectivity index (χ2v) is 5.22. The predicted octanol–water partition coefficient (Wildman–Crippen LogP) is 4.11. The summed E-state index contributed by atoms with van der Waals surface area (Å²) in [7, 11) is 0. The number of carbonyl (C=O) groups is 1. The smallest absolute Gasteiger partial charge is 0.308 e. The molecule has 0 spiro atoms. The molecule has 0 aliphatic heterocycles. The summed E-state index contributed by atoms with van der Waals surface area (Å²) in [5.74, 6) is -1.35. The molecule has 0 bridgehead atoms. The normalized spacial score (nSPS) is 11.1. The van der Waals surface area contributed by atoms with E-state index in [0.717, 1.165) is 10.8 Å². The number of aromatic nitrogens is 2. The van der Waals surface area contributed by atoms with Crippen LogP contribution in [-0.2, 0) is 4.79 Å². The summed E-state index contributed by atoms with van der Waals surface area (Å²) in [5, 5.41) is 1.83. The van der Waals surface area contributed by atoms with E-state index in [-0.39, 0.29) is 17.2 Å². The molecular formula is C18H11FN2O3. The molecule has 0 unspecified atom stereocenters. The van der Waals surface area contributed by atoms with Crippen molar-refractivity contribution in [3.8, 4) is 17.3 Å². The van der Waals surface area contributed by atoms with Gasteiger partial charge in [-0.1, -0.05) is 24.3 Å². The van der Waals surface area contributed by atoms with Gasteiger partial charge in [-0.15, -0.1) is 0 Å². The van der Waals surface area contributed by atoms with Crippen molar-refractivity contribution in [1.29, 1.82) is 0 Å². The third kappa shape index (κ3) is 2.28. The van der Waals surface area contributed by atoms with E-state index in [9.17, 15) is 9.18 Å². The Kier molecular flexibility index (Phi) is 3.23. The van der Waals surface area contributed by atoms with Crippen molar-refractivity contribution in [3.63, 3.8) is 0 Å². The lowest BCUT2D eigenvalue weighted by Gasteiger charge is -2.01. The number of benzene rings is 2. The van der Waals surface area contributed by atoms with Crippen LogP contribution in [-0.4, -0.2) is 15.9 Å². The van der Waals surface area contributed by atoms with Crippen molar-refractivity contribution in [2.24, 2.45) is 0 Å². The maximum Gasteiger partial charge on any atom is 0.308 e. The first-order valence-corrected chi connectivity index (χ1v) is 7.25. The Morgan fingerprint density at radius 2 is 2.00 bits per heavy atom. The molecule has 0 amide bonds. The minimum atomic E-state index is -0.762. The summed E-state index contributed by atoms with van der Waals surface area (Å²) < 4.78 is 24.8. The fourth-order valence-corrected chi connectivity index (χ4v) is 2.57. The highest BCUT2D eigenvalue weighted by molar-refractivity contribution is 5.93. The first-order valence-electron chi connectivity index (χ1n) is 7.25. The number of rotatable bonds is 2. The second kappa shape index (κ2) is 5.42. The Morgan fingerprint density at radius 3 is 2.83 bits per heavy atom. The van der Waals surface area contributed by atoms with E-state index in [1.807, 2.05) is 30.3 Å². The number of oxazole rings is 1. The zero-order valence-electron chi connectivity index (χ0n) is 12.6. The zero-order valence-corrected chi connectivity index (χ0v) is 12.6. The fraction of sp³-hybridized carbons (Fsp3) is 0.0556. The molecule has 0 aliphatic rings. The summed E-state index contributed by atoms with van der Waals surface area (Å²) in [6.45, 7) is 1.20. The molecule has 4 rings (SSSR count). The van der Waals surface area contributed by atoms with Gasteiger partial charge in [0.05, 0.1) is 0 Å². The van der Waals surface area contributed by atoms with Gasteiger partial charge in [0.25, 0.3) is 0 Å². The van der Waals surface area contributed by atoms with Crippen LogP contribution < -0.4 is 4.74 Å². The Bertz CT molecular complexity index is 1080. The highest BCUT2D eigenvalue weighted by atomic mass is 19.1. The molecule has 5 nitrogen and oxygen atoms in total. The number of ether oxygens (including phenoxy) is 1. The highest BCUT2D eigenvalue weighted by Gasteiger charge is 2.18. The van der Waals surface area contributed by atoms with Crippen molar-refractivity contribution >= 4 is 27.8 Å². The molecule has 118 valence electrons. The van der Waals surface area contributed by atoms with Crippen molar-refractivity contribution in [3.05, 3.63) is 54.5 Å². The van der Waals surface area contributed by atoms with E-state index in [1.165, 1.54) is 19.1 Å². The third-order valence-electron chi connectivity index (χ3n) is 3.59. The van der Waals surface area contributed by atoms with Crippen LogP contribution in [0.5, 0.6) is 5.75 Å². The van der Waals surface area contributed by atoms with Crippen LogP contribution in [0.25, 0.3) is 33.5 Å². The molecule has 6 heteroatoms. The maximum atomic E-state index is 14.4. The molecule has 0 N–H and O–H groups in total. The van der Waals surface area contributed by atoms with Crippen molar-refractivity contribution < 1.29 is 18.3 Å². The van der Waals surface area contributed by atoms with Crippen LogP contribution in [0.2, 0.25) is 0 Å². The summed E-state index contributed by atoms with van der Waals surface area (Å²) in [4.78, 5) is 19.6. The van der Waals surface area contributed by atoms with E-state index in [1.54, 1.807) is 6.20 Å². The van der Waals surface area contributed by atoms with Gasteiger partial charge < -0.3 is 9.15 Å². The Morgan fingerprint density at radius 1 is 1.17 bits per heavy atom. The van der Waals surface area contributed by atoms with E-state index in [4.69, 9.17) is 9.15 Å². The highest BCUT2D eigenvalue weighted by Crippen LogP contribution is 2.32. The first kappa shape index (κ1) is 14.3. The van der Waals surface area contributed by atoms with Crippen LogP contribution in [0.1, 0.15) is 6.92 Å². The number of halogens is 1. The second-order valence-electron chi connectivity index (χ2n) is 5.22. The molecular weight excluding hydrogens is 311 g/mol. The number of esters is 1. The van der Waals surface area contributed by atoms with Gasteiger partial charge in [-0.3, -0.25) is 9.78 Å². The lowest BCUT2D eigenvalue weighted by Crippen LogP contribution is -2.03. The van der Waals surface area contributed by atoms with Crippen LogP contribution >= 0.6 is 0 Å². The van der Waals surface area contributed by atoms with Gasteiger partial charge in [0.15, 0.2) is 11.3 Å². The predicted molar refractivity (Wildman–Crippen MR) is 86.0 cm³/mol. The monoisotopic (exact) mass is 322 g/mol. The first-order chi connectivity index (χ1) is 11.6. The Balaban J connectivity index is 1.91. The SMILES string of the molecule is CC(=O)Oc1ccc2nc(-c3nccc4ccccc34)oc2c1F. The van der Waals surface area contributed by atoms with Gasteiger partial charge in [-0.25, -0.2) is 4.98 Å². The van der Waals surface area contributed by atoms with Crippen LogP contribution in [0, 0.1) is 5.82 Å². The van der Waals surface area contributed by atoms with E-state index < -0.39 is 11.8 Å². The summed E-state index contributed by atoms with van der Waals surface area (Å²) in [5.41, 5.74) is 0.782. The number of fused-ring (bicyclic) bond motifs is 2. The fourth-order valence-electron chi connectivity index (χ4n) is 2.57. The number of hydrogen-bond acceptors (Lipinski definition) is 5. The number of pyridine rings is 1. The van der Waals surface area contributed by atoms with Gasteiger partial charge in [0, 0.05) is 18.5 Å². The molecule has 0 fully saturated rings. The Hall–Kier alpha value is -3.28. The van der Waals surface area contributed by atoms with Gasteiger partial charge >= 0.3 is 5.97 Å². The Labute approximate surface area is 135 Å². The van der Waals surface area contributed by atoms with Crippen LogP contribution in [0.4, 0.5) is 4.39 Å². The molecule has 0 radical (unpaired) electrons. The number of nitrogens with zero attached hydrogens (tertiary/aromatic N) is 2. The van der Waals surface area contributed by atoms with Gasteiger partial charge in [0.1, 0.15) is 11.2 Å². The molecule has 4 aromatic rings. The van der Waals surface area contributed by atoms with E-state index >= 15 is 0 Å². The largest absolute Gasteiger partial charge is 0.431 e. The molecule has 2 heterocycles. The topological polar surface area (TPSA) is 65.2 Å². The average Bonchev–Trinajstić information content (AvgIpc) is 3.01. The minimum absolute atomic E-state index is 0.0708. The average molecular weight is 322 g/mol. The van der Waals surface area contributed by atoms with Gasteiger partial charge in [-0.2, -0.15) is 4.39 Å². The lowest BCUT2D eigenvalue weighted by atomic mass is 10.1. The summed E-state index contributed by atoms with van der Waals surface area (Å²) >= 11 is 0. The maximum absolute atomic E-state index is 14.4. The van der Waals surface area contributed by atoms with E-state index in [2.05, 4.69) is 9.97 Å². The lowest BCUT2D eigenvalue weighted by molar-refractivity contribution is -0.132. The zero-order chi connectivity index (χ0) is 16.7. The standard InChI is InChI=1S/C18H11FN2O3/c1-10(22)23-14-7-6-13-17(15(14)19)24-18(21-13)16-12-5-3-2-4-11(12)8-9-20-16/h2-9H,1H3. The molecule has 24 heavy (non-hydrogen) atoms. The quantitative estimate of drug-likeness (QED) is 0.410. The van der Waals surface area contributed by atoms with Gasteiger partial charge in [-0.05, 0) is 23.6 Å². The van der Waals surface area contributed by atoms with Crippen LogP contribution in [0.3, 0.4) is 0 Å². The third-order valence-corrected chi connectivity index (χ3v) is 3.59.